The summed E-state index contributed by atoms with van der Waals surface area (Å²) in [6.45, 7) is 5.04. The monoisotopic (exact) mass is 332 g/mol. The second-order valence-corrected chi connectivity index (χ2v) is 8.70. The van der Waals surface area contributed by atoms with Crippen molar-refractivity contribution < 1.29 is 34.7 Å². The first-order chi connectivity index (χ1) is 8.83. The van der Waals surface area contributed by atoms with Crippen LogP contribution in [0.1, 0.15) is 13.8 Å². The highest BCUT2D eigenvalue weighted by atomic mass is 32.2. The van der Waals surface area contributed by atoms with E-state index in [4.69, 9.17) is 9.47 Å². The molecule has 0 aromatic carbocycles. The second-order valence-electron chi connectivity index (χ2n) is 5.41. The van der Waals surface area contributed by atoms with Gasteiger partial charge in [0, 0.05) is 0 Å². The van der Waals surface area contributed by atoms with Crippen molar-refractivity contribution in [3.05, 3.63) is 0 Å². The normalized spacial score (nSPS) is 32.2. The average Bonchev–Trinajstić information content (AvgIpc) is 3.15. The summed E-state index contributed by atoms with van der Waals surface area (Å²) < 4.78 is 60.5. The van der Waals surface area contributed by atoms with Gasteiger partial charge in [-0.15, -0.1) is 0 Å². The summed E-state index contributed by atoms with van der Waals surface area (Å²) in [4.78, 5) is 0. The summed E-state index contributed by atoms with van der Waals surface area (Å²) in [5, 5.41) is 0. The van der Waals surface area contributed by atoms with Gasteiger partial charge >= 0.3 is 0 Å². The van der Waals surface area contributed by atoms with Gasteiger partial charge in [-0.05, 0) is 13.8 Å². The van der Waals surface area contributed by atoms with Crippen molar-refractivity contribution >= 4 is 20.2 Å². The van der Waals surface area contributed by atoms with Gasteiger partial charge in [-0.1, -0.05) is 0 Å². The fraction of sp³-hybridized carbons (Fsp3) is 1.00. The first-order valence-electron chi connectivity index (χ1n) is 5.79. The molecule has 0 bridgehead atoms. The molecule has 0 N–H and O–H groups in total. The van der Waals surface area contributed by atoms with Crippen molar-refractivity contribution in [2.24, 2.45) is 0 Å². The molecule has 2 heterocycles. The molecule has 8 nitrogen and oxygen atoms in total. The Hall–Kier alpha value is -0.260. The summed E-state index contributed by atoms with van der Waals surface area (Å²) in [6, 6.07) is 0. The lowest BCUT2D eigenvalue weighted by Gasteiger charge is -2.02. The predicted molar refractivity (Wildman–Crippen MR) is 70.3 cm³/mol. The molecule has 0 saturated carbocycles. The van der Waals surface area contributed by atoms with E-state index < -0.39 is 20.2 Å². The van der Waals surface area contributed by atoms with Gasteiger partial charge < -0.3 is 9.47 Å². The molecule has 2 atom stereocenters. The minimum absolute atomic E-state index is 0.131. The molecule has 0 aromatic heterocycles. The zero-order chi connectivity index (χ0) is 15.7. The Bertz CT molecular complexity index is 478. The topological polar surface area (TPSA) is 112 Å². The van der Waals surface area contributed by atoms with Crippen LogP contribution in [-0.4, -0.2) is 67.0 Å². The van der Waals surface area contributed by atoms with E-state index in [-0.39, 0.29) is 24.4 Å². The maximum Gasteiger partial charge on any atom is 0.264 e. The lowest BCUT2D eigenvalue weighted by atomic mass is 10.2. The molecule has 2 saturated heterocycles. The van der Waals surface area contributed by atoms with Gasteiger partial charge in [0.1, 0.15) is 11.2 Å². The molecular weight excluding hydrogens is 312 g/mol. The van der Waals surface area contributed by atoms with Gasteiger partial charge in [0.15, 0.2) is 0 Å². The average molecular weight is 332 g/mol. The Kier molecular flexibility index (Phi) is 5.21. The lowest BCUT2D eigenvalue weighted by Crippen LogP contribution is -2.17. The fourth-order valence-corrected chi connectivity index (χ4v) is 1.80. The van der Waals surface area contributed by atoms with Crippen molar-refractivity contribution in [3.8, 4) is 0 Å². The summed E-state index contributed by atoms with van der Waals surface area (Å²) in [7, 11) is -6.59. The van der Waals surface area contributed by atoms with Gasteiger partial charge in [0.2, 0.25) is 0 Å². The molecule has 20 heavy (non-hydrogen) atoms. The molecule has 120 valence electrons. The molecule has 2 rings (SSSR count). The molecule has 0 radical (unpaired) electrons. The third kappa shape index (κ3) is 8.82. The summed E-state index contributed by atoms with van der Waals surface area (Å²) in [6.07, 6.45) is 2.05. The third-order valence-corrected chi connectivity index (χ3v) is 3.52. The van der Waals surface area contributed by atoms with Crippen LogP contribution in [0.5, 0.6) is 0 Å². The van der Waals surface area contributed by atoms with Crippen LogP contribution in [0.15, 0.2) is 0 Å². The number of hydrogen-bond acceptors (Lipinski definition) is 8. The van der Waals surface area contributed by atoms with E-state index in [0.29, 0.717) is 13.2 Å². The lowest BCUT2D eigenvalue weighted by molar-refractivity contribution is 0.208. The van der Waals surface area contributed by atoms with Crippen LogP contribution in [-0.2, 0) is 38.1 Å². The Balaban J connectivity index is 0.000000200. The maximum absolute atomic E-state index is 10.4. The molecule has 2 aliphatic heterocycles. The van der Waals surface area contributed by atoms with E-state index in [1.165, 1.54) is 0 Å². The highest BCUT2D eigenvalue weighted by Gasteiger charge is 2.41. The van der Waals surface area contributed by atoms with Crippen molar-refractivity contribution in [1.82, 2.24) is 0 Å². The Morgan fingerprint density at radius 3 is 1.25 bits per heavy atom. The van der Waals surface area contributed by atoms with E-state index in [9.17, 15) is 16.8 Å². The zero-order valence-electron chi connectivity index (χ0n) is 11.9. The summed E-state index contributed by atoms with van der Waals surface area (Å²) in [5.74, 6) is 0. The van der Waals surface area contributed by atoms with Crippen LogP contribution in [0.3, 0.4) is 0 Å². The van der Waals surface area contributed by atoms with E-state index in [1.807, 2.05) is 0 Å². The van der Waals surface area contributed by atoms with Gasteiger partial charge in [0.25, 0.3) is 20.2 Å². The van der Waals surface area contributed by atoms with Crippen molar-refractivity contribution in [1.29, 1.82) is 0 Å². The van der Waals surface area contributed by atoms with Gasteiger partial charge in [-0.2, -0.15) is 16.8 Å². The first kappa shape index (κ1) is 17.8. The minimum Gasteiger partial charge on any atom is -0.367 e. The predicted octanol–water partition coefficient (Wildman–Crippen LogP) is -0.497. The quantitative estimate of drug-likeness (QED) is 0.473. The standard InChI is InChI=1S/2C5H10O4S/c2*1-5(3-8-5)4-9-10(2,6)7/h2*3-4H2,1-2H3/t2*5-/m10/s1. The minimum atomic E-state index is -3.30. The van der Waals surface area contributed by atoms with Crippen molar-refractivity contribution in [2.75, 3.05) is 38.9 Å². The van der Waals surface area contributed by atoms with Crippen LogP contribution < -0.4 is 0 Å². The third-order valence-electron chi connectivity index (χ3n) is 2.43. The maximum atomic E-state index is 10.4. The number of ether oxygens (including phenoxy) is 2. The van der Waals surface area contributed by atoms with Crippen molar-refractivity contribution in [3.63, 3.8) is 0 Å². The first-order valence-corrected chi connectivity index (χ1v) is 9.43. The van der Waals surface area contributed by atoms with Gasteiger partial charge in [0.05, 0.1) is 38.9 Å². The smallest absolute Gasteiger partial charge is 0.264 e. The summed E-state index contributed by atoms with van der Waals surface area (Å²) >= 11 is 0. The summed E-state index contributed by atoms with van der Waals surface area (Å²) in [5.41, 5.74) is -0.688. The molecular formula is C10H20O8S2. The Morgan fingerprint density at radius 1 is 0.850 bits per heavy atom. The fourth-order valence-electron chi connectivity index (χ4n) is 0.876. The SMILES string of the molecule is C[C@@]1(COS(C)(=O)=O)CO1.C[C@]1(COS(C)(=O)=O)CO1. The van der Waals surface area contributed by atoms with Crippen LogP contribution >= 0.6 is 0 Å². The highest BCUT2D eigenvalue weighted by Crippen LogP contribution is 2.26. The van der Waals surface area contributed by atoms with Gasteiger partial charge in [-0.3, -0.25) is 8.37 Å². The number of epoxide rings is 2. The molecule has 0 unspecified atom stereocenters. The molecule has 2 fully saturated rings. The van der Waals surface area contributed by atoms with Gasteiger partial charge in [-0.25, -0.2) is 0 Å². The second kappa shape index (κ2) is 5.85. The van der Waals surface area contributed by atoms with Crippen LogP contribution in [0, 0.1) is 0 Å². The van der Waals surface area contributed by atoms with Crippen LogP contribution in [0.25, 0.3) is 0 Å². The van der Waals surface area contributed by atoms with E-state index in [1.54, 1.807) is 13.8 Å². The van der Waals surface area contributed by atoms with E-state index in [0.717, 1.165) is 12.5 Å². The largest absolute Gasteiger partial charge is 0.367 e. The number of rotatable bonds is 6. The van der Waals surface area contributed by atoms with Crippen LogP contribution in [0.4, 0.5) is 0 Å². The molecule has 0 amide bonds. The van der Waals surface area contributed by atoms with E-state index in [2.05, 4.69) is 8.37 Å². The molecule has 0 aliphatic carbocycles. The molecule has 0 spiro atoms. The van der Waals surface area contributed by atoms with E-state index >= 15 is 0 Å². The highest BCUT2D eigenvalue weighted by molar-refractivity contribution is 7.86. The molecule has 2 aliphatic rings. The molecule has 10 heteroatoms. The molecule has 0 aromatic rings. The Morgan fingerprint density at radius 2 is 1.10 bits per heavy atom. The Labute approximate surface area is 119 Å². The van der Waals surface area contributed by atoms with Crippen molar-refractivity contribution in [2.45, 2.75) is 25.0 Å². The van der Waals surface area contributed by atoms with Crippen LogP contribution in [0.2, 0.25) is 0 Å². The zero-order valence-corrected chi connectivity index (χ0v) is 13.5. The number of hydrogen-bond donors (Lipinski definition) is 0.